The number of anilines is 1. The Balaban J connectivity index is 1.76. The van der Waals surface area contributed by atoms with Crippen LogP contribution in [0.3, 0.4) is 0 Å². The Morgan fingerprint density at radius 2 is 1.66 bits per heavy atom. The Bertz CT molecular complexity index is 1260. The summed E-state index contributed by atoms with van der Waals surface area (Å²) >= 11 is 0. The summed E-state index contributed by atoms with van der Waals surface area (Å²) in [7, 11) is 0. The molecule has 0 spiro atoms. The normalized spacial score (nSPS) is 14.7. The number of benzene rings is 2. The lowest BCUT2D eigenvalue weighted by Gasteiger charge is -2.36. The van der Waals surface area contributed by atoms with Gasteiger partial charge in [-0.3, -0.25) is 9.59 Å². The van der Waals surface area contributed by atoms with Gasteiger partial charge in [-0.2, -0.15) is 0 Å². The van der Waals surface area contributed by atoms with Gasteiger partial charge in [0.2, 0.25) is 11.8 Å². The van der Waals surface area contributed by atoms with Crippen molar-refractivity contribution in [1.82, 2.24) is 10.2 Å². The molecule has 0 bridgehead atoms. The lowest BCUT2D eigenvalue weighted by atomic mass is 9.93. The van der Waals surface area contributed by atoms with E-state index in [0.717, 1.165) is 27.9 Å². The number of piperazine rings is 1. The number of hydrogen-bond donors (Lipinski definition) is 1. The summed E-state index contributed by atoms with van der Waals surface area (Å²) in [4.78, 5) is 27.9. The van der Waals surface area contributed by atoms with Crippen molar-refractivity contribution in [2.24, 2.45) is 0 Å². The van der Waals surface area contributed by atoms with E-state index in [1.165, 1.54) is 13.0 Å². The number of nitrogens with zero attached hydrogens (tertiary/aromatic N) is 2. The molecule has 0 saturated carbocycles. The largest absolute Gasteiger partial charge is 0.463 e. The smallest absolute Gasteiger partial charge is 0.219 e. The van der Waals surface area contributed by atoms with E-state index in [9.17, 15) is 9.59 Å². The molecule has 1 aliphatic heterocycles. The van der Waals surface area contributed by atoms with Gasteiger partial charge in [-0.25, -0.2) is 4.39 Å². The zero-order chi connectivity index (χ0) is 25.3. The third-order valence-corrected chi connectivity index (χ3v) is 6.55. The fraction of sp³-hybridized carbons (Fsp3) is 0.357. The average molecular weight is 478 g/mol. The van der Waals surface area contributed by atoms with Gasteiger partial charge in [0.1, 0.15) is 23.4 Å². The van der Waals surface area contributed by atoms with Gasteiger partial charge in [0.15, 0.2) is 0 Å². The standard InChI is InChI=1S/C28H32FN3O3/c1-17-6-8-23(18(2)14-17)24-15-19(3)35-28(24)27(30-20(4)33)25-16-22(7-9-26(25)29)32-12-10-31(11-13-32)21(5)34/h6-9,14-16,27H,10-13H2,1-5H3,(H,30,33). The number of carbonyl (C=O) groups is 2. The van der Waals surface area contributed by atoms with Crippen molar-refractivity contribution in [1.29, 1.82) is 0 Å². The highest BCUT2D eigenvalue weighted by Crippen LogP contribution is 2.38. The van der Waals surface area contributed by atoms with Crippen molar-refractivity contribution in [2.45, 2.75) is 40.7 Å². The van der Waals surface area contributed by atoms with Crippen LogP contribution in [-0.2, 0) is 9.59 Å². The molecular formula is C28H32FN3O3. The highest BCUT2D eigenvalue weighted by atomic mass is 19.1. The molecule has 1 aliphatic rings. The Labute approximate surface area is 205 Å². The summed E-state index contributed by atoms with van der Waals surface area (Å²) in [5, 5.41) is 2.92. The van der Waals surface area contributed by atoms with E-state index in [4.69, 9.17) is 4.42 Å². The van der Waals surface area contributed by atoms with Crippen molar-refractivity contribution >= 4 is 17.5 Å². The van der Waals surface area contributed by atoms with Crippen LogP contribution in [0.5, 0.6) is 0 Å². The molecular weight excluding hydrogens is 445 g/mol. The Hall–Kier alpha value is -3.61. The molecule has 2 heterocycles. The molecule has 2 amide bonds. The van der Waals surface area contributed by atoms with Gasteiger partial charge >= 0.3 is 0 Å². The number of halogens is 1. The number of amides is 2. The molecule has 1 saturated heterocycles. The Morgan fingerprint density at radius 3 is 2.29 bits per heavy atom. The number of hydrogen-bond acceptors (Lipinski definition) is 4. The highest BCUT2D eigenvalue weighted by Gasteiger charge is 2.28. The van der Waals surface area contributed by atoms with Crippen LogP contribution in [0.2, 0.25) is 0 Å². The molecule has 3 aromatic rings. The third kappa shape index (κ3) is 5.24. The number of furan rings is 1. The second kappa shape index (κ2) is 9.94. The highest BCUT2D eigenvalue weighted by molar-refractivity contribution is 5.76. The monoisotopic (exact) mass is 477 g/mol. The quantitative estimate of drug-likeness (QED) is 0.567. The molecule has 0 radical (unpaired) electrons. The van der Waals surface area contributed by atoms with E-state index in [-0.39, 0.29) is 11.8 Å². The molecule has 1 aromatic heterocycles. The van der Waals surface area contributed by atoms with Gasteiger partial charge in [0, 0.05) is 56.8 Å². The predicted octanol–water partition coefficient (Wildman–Crippen LogP) is 4.90. The minimum absolute atomic E-state index is 0.0577. The molecule has 1 atom stereocenters. The van der Waals surface area contributed by atoms with E-state index >= 15 is 4.39 Å². The van der Waals surface area contributed by atoms with Crippen LogP contribution in [0.15, 0.2) is 46.9 Å². The van der Waals surface area contributed by atoms with E-state index < -0.39 is 11.9 Å². The van der Waals surface area contributed by atoms with Crippen LogP contribution in [0.4, 0.5) is 10.1 Å². The maximum Gasteiger partial charge on any atom is 0.219 e. The molecule has 2 aromatic carbocycles. The topological polar surface area (TPSA) is 65.8 Å². The second-order valence-electron chi connectivity index (χ2n) is 9.29. The molecule has 1 fully saturated rings. The van der Waals surface area contributed by atoms with Crippen molar-refractivity contribution in [3.63, 3.8) is 0 Å². The van der Waals surface area contributed by atoms with Crippen LogP contribution in [-0.4, -0.2) is 42.9 Å². The molecule has 1 unspecified atom stereocenters. The first-order valence-corrected chi connectivity index (χ1v) is 11.9. The fourth-order valence-electron chi connectivity index (χ4n) is 4.79. The predicted molar refractivity (Wildman–Crippen MR) is 135 cm³/mol. The van der Waals surface area contributed by atoms with Crippen molar-refractivity contribution in [3.8, 4) is 11.1 Å². The van der Waals surface area contributed by atoms with Gasteiger partial charge in [0.05, 0.1) is 0 Å². The number of nitrogens with one attached hydrogen (secondary N) is 1. The molecule has 7 heteroatoms. The van der Waals surface area contributed by atoms with Gasteiger partial charge in [-0.1, -0.05) is 23.8 Å². The van der Waals surface area contributed by atoms with Gasteiger partial charge in [-0.05, 0) is 56.2 Å². The van der Waals surface area contributed by atoms with E-state index in [1.807, 2.05) is 43.9 Å². The second-order valence-corrected chi connectivity index (χ2v) is 9.29. The molecule has 35 heavy (non-hydrogen) atoms. The van der Waals surface area contributed by atoms with Crippen LogP contribution >= 0.6 is 0 Å². The van der Waals surface area contributed by atoms with Crippen molar-refractivity contribution < 1.29 is 18.4 Å². The maximum absolute atomic E-state index is 15.3. The lowest BCUT2D eigenvalue weighted by molar-refractivity contribution is -0.129. The number of carbonyl (C=O) groups excluding carboxylic acids is 2. The zero-order valence-electron chi connectivity index (χ0n) is 20.9. The molecule has 184 valence electrons. The number of aryl methyl sites for hydroxylation is 3. The summed E-state index contributed by atoms with van der Waals surface area (Å²) in [6, 6.07) is 12.3. The first-order chi connectivity index (χ1) is 16.6. The SMILES string of the molecule is CC(=O)NC(c1cc(N2CCN(C(C)=O)CC2)ccc1F)c1oc(C)cc1-c1ccc(C)cc1C. The summed E-state index contributed by atoms with van der Waals surface area (Å²) in [6.45, 7) is 11.5. The molecule has 1 N–H and O–H groups in total. The van der Waals surface area contributed by atoms with Gasteiger partial charge < -0.3 is 19.5 Å². The van der Waals surface area contributed by atoms with Crippen molar-refractivity contribution in [2.75, 3.05) is 31.1 Å². The van der Waals surface area contributed by atoms with Crippen LogP contribution in [0.25, 0.3) is 11.1 Å². The van der Waals surface area contributed by atoms with Crippen LogP contribution in [0, 0.1) is 26.6 Å². The maximum atomic E-state index is 15.3. The van der Waals surface area contributed by atoms with E-state index in [1.54, 1.807) is 19.1 Å². The Kier molecular flexibility index (Phi) is 6.96. The number of rotatable bonds is 5. The minimum Gasteiger partial charge on any atom is -0.463 e. The lowest BCUT2D eigenvalue weighted by Crippen LogP contribution is -2.48. The van der Waals surface area contributed by atoms with Crippen LogP contribution in [0.1, 0.15) is 48.1 Å². The molecule has 6 nitrogen and oxygen atoms in total. The van der Waals surface area contributed by atoms with Gasteiger partial charge in [0.25, 0.3) is 0 Å². The summed E-state index contributed by atoms with van der Waals surface area (Å²) in [5.41, 5.74) is 5.22. The van der Waals surface area contributed by atoms with Gasteiger partial charge in [-0.15, -0.1) is 0 Å². The summed E-state index contributed by atoms with van der Waals surface area (Å²) < 4.78 is 21.4. The minimum atomic E-state index is -0.796. The average Bonchev–Trinajstić information content (AvgIpc) is 3.19. The van der Waals surface area contributed by atoms with Crippen molar-refractivity contribution in [3.05, 3.63) is 76.5 Å². The first kappa shape index (κ1) is 24.5. The zero-order valence-corrected chi connectivity index (χ0v) is 20.9. The van der Waals surface area contributed by atoms with E-state index in [0.29, 0.717) is 43.3 Å². The van der Waals surface area contributed by atoms with Crippen LogP contribution < -0.4 is 10.2 Å². The summed E-state index contributed by atoms with van der Waals surface area (Å²) in [6.07, 6.45) is 0. The fourth-order valence-corrected chi connectivity index (χ4v) is 4.79. The molecule has 4 rings (SSSR count). The first-order valence-electron chi connectivity index (χ1n) is 11.9. The van der Waals surface area contributed by atoms with E-state index in [2.05, 4.69) is 16.3 Å². The third-order valence-electron chi connectivity index (χ3n) is 6.55. The molecule has 0 aliphatic carbocycles. The Morgan fingerprint density at radius 1 is 0.943 bits per heavy atom. The summed E-state index contributed by atoms with van der Waals surface area (Å²) in [5.74, 6) is 0.539.